The molecule has 2 aromatic carbocycles. The zero-order valence-electron chi connectivity index (χ0n) is 13.7. The molecule has 0 aromatic heterocycles. The third kappa shape index (κ3) is 3.36. The molecule has 4 nitrogen and oxygen atoms in total. The lowest BCUT2D eigenvalue weighted by atomic mass is 10.0. The highest BCUT2D eigenvalue weighted by Gasteiger charge is 2.56. The Hall–Kier alpha value is -2.14. The predicted octanol–water partition coefficient (Wildman–Crippen LogP) is 4.42. The lowest BCUT2D eigenvalue weighted by Gasteiger charge is -2.17. The van der Waals surface area contributed by atoms with Gasteiger partial charge < -0.3 is 10.6 Å². The molecule has 0 spiro atoms. The molecule has 0 saturated heterocycles. The van der Waals surface area contributed by atoms with Crippen molar-refractivity contribution in [2.75, 3.05) is 10.6 Å². The van der Waals surface area contributed by atoms with E-state index in [-0.39, 0.29) is 11.8 Å². The van der Waals surface area contributed by atoms with Crippen LogP contribution < -0.4 is 10.6 Å². The molecule has 24 heavy (non-hydrogen) atoms. The van der Waals surface area contributed by atoms with Gasteiger partial charge in [0.1, 0.15) is 5.41 Å². The van der Waals surface area contributed by atoms with Crippen molar-refractivity contribution < 1.29 is 9.59 Å². The van der Waals surface area contributed by atoms with Crippen LogP contribution in [0, 0.1) is 19.3 Å². The summed E-state index contributed by atoms with van der Waals surface area (Å²) < 4.78 is 0.939. The molecular formula is C19H19BrN2O2. The summed E-state index contributed by atoms with van der Waals surface area (Å²) in [6.45, 7) is 3.92. The number of anilines is 2. The van der Waals surface area contributed by atoms with Gasteiger partial charge in [0.05, 0.1) is 0 Å². The molecule has 1 fully saturated rings. The van der Waals surface area contributed by atoms with Crippen molar-refractivity contribution in [1.29, 1.82) is 0 Å². The Bertz CT molecular complexity index is 796. The lowest BCUT2D eigenvalue weighted by Crippen LogP contribution is -2.35. The van der Waals surface area contributed by atoms with Crippen molar-refractivity contribution in [3.63, 3.8) is 0 Å². The van der Waals surface area contributed by atoms with Gasteiger partial charge in [-0.25, -0.2) is 0 Å². The van der Waals surface area contributed by atoms with Crippen LogP contribution in [0.2, 0.25) is 0 Å². The molecule has 0 atom stereocenters. The molecule has 0 aliphatic heterocycles. The van der Waals surface area contributed by atoms with Gasteiger partial charge in [0.2, 0.25) is 11.8 Å². The van der Waals surface area contributed by atoms with Crippen molar-refractivity contribution >= 4 is 39.1 Å². The zero-order valence-corrected chi connectivity index (χ0v) is 15.2. The number of rotatable bonds is 4. The fraction of sp³-hybridized carbons (Fsp3) is 0.263. The largest absolute Gasteiger partial charge is 0.325 e. The van der Waals surface area contributed by atoms with Crippen LogP contribution in [0.5, 0.6) is 0 Å². The summed E-state index contributed by atoms with van der Waals surface area (Å²) in [5, 5.41) is 5.77. The molecule has 3 rings (SSSR count). The maximum atomic E-state index is 12.7. The van der Waals surface area contributed by atoms with Crippen LogP contribution in [0.15, 0.2) is 46.9 Å². The van der Waals surface area contributed by atoms with Gasteiger partial charge in [-0.15, -0.1) is 0 Å². The summed E-state index contributed by atoms with van der Waals surface area (Å²) in [6, 6.07) is 13.2. The standard InChI is InChI=1S/C19H19BrN2O2/c1-12-3-4-13(2)16(11-12)22-18(24)19(9-10-19)17(23)21-15-7-5-14(20)6-8-15/h3-8,11H,9-10H2,1-2H3,(H,21,23)(H,22,24). The second kappa shape index (κ2) is 6.40. The molecule has 1 saturated carbocycles. The maximum Gasteiger partial charge on any atom is 0.240 e. The third-order valence-electron chi connectivity index (χ3n) is 4.36. The molecular weight excluding hydrogens is 368 g/mol. The van der Waals surface area contributed by atoms with Crippen LogP contribution in [0.4, 0.5) is 11.4 Å². The number of benzene rings is 2. The van der Waals surface area contributed by atoms with E-state index in [9.17, 15) is 9.59 Å². The molecule has 0 heterocycles. The molecule has 2 N–H and O–H groups in total. The highest BCUT2D eigenvalue weighted by Crippen LogP contribution is 2.47. The van der Waals surface area contributed by atoms with Gasteiger partial charge >= 0.3 is 0 Å². The Morgan fingerprint density at radius 3 is 2.21 bits per heavy atom. The Kier molecular flexibility index (Phi) is 4.45. The Balaban J connectivity index is 1.72. The minimum absolute atomic E-state index is 0.231. The fourth-order valence-electron chi connectivity index (χ4n) is 2.58. The smallest absolute Gasteiger partial charge is 0.240 e. The van der Waals surface area contributed by atoms with E-state index in [2.05, 4.69) is 26.6 Å². The average Bonchev–Trinajstić information content (AvgIpc) is 3.35. The van der Waals surface area contributed by atoms with E-state index in [1.807, 2.05) is 44.2 Å². The van der Waals surface area contributed by atoms with Gasteiger partial charge in [0.25, 0.3) is 0 Å². The molecule has 2 aromatic rings. The van der Waals surface area contributed by atoms with Crippen LogP contribution in [0.1, 0.15) is 24.0 Å². The first-order valence-electron chi connectivity index (χ1n) is 7.86. The second-order valence-electron chi connectivity index (χ2n) is 6.32. The molecule has 5 heteroatoms. The molecule has 0 radical (unpaired) electrons. The van der Waals surface area contributed by atoms with Crippen molar-refractivity contribution in [3.05, 3.63) is 58.1 Å². The van der Waals surface area contributed by atoms with Gasteiger partial charge in [-0.1, -0.05) is 28.1 Å². The first kappa shape index (κ1) is 16.7. The number of hydrogen-bond donors (Lipinski definition) is 2. The summed E-state index contributed by atoms with van der Waals surface area (Å²) in [5.41, 5.74) is 2.55. The number of aryl methyl sites for hydroxylation is 2. The van der Waals surface area contributed by atoms with Crippen molar-refractivity contribution in [2.45, 2.75) is 26.7 Å². The molecule has 0 unspecified atom stereocenters. The Morgan fingerprint density at radius 2 is 1.58 bits per heavy atom. The lowest BCUT2D eigenvalue weighted by molar-refractivity contribution is -0.131. The van der Waals surface area contributed by atoms with Gasteiger partial charge in [-0.05, 0) is 68.1 Å². The fourth-order valence-corrected chi connectivity index (χ4v) is 2.84. The van der Waals surface area contributed by atoms with Crippen LogP contribution in [0.25, 0.3) is 0 Å². The molecule has 0 bridgehead atoms. The Labute approximate surface area is 149 Å². The van der Waals surface area contributed by atoms with E-state index in [1.165, 1.54) is 0 Å². The summed E-state index contributed by atoms with van der Waals surface area (Å²) in [6.07, 6.45) is 1.15. The van der Waals surface area contributed by atoms with E-state index in [0.29, 0.717) is 18.5 Å². The highest BCUT2D eigenvalue weighted by molar-refractivity contribution is 9.10. The van der Waals surface area contributed by atoms with Crippen LogP contribution in [-0.4, -0.2) is 11.8 Å². The van der Waals surface area contributed by atoms with Crippen LogP contribution in [-0.2, 0) is 9.59 Å². The number of halogens is 1. The van der Waals surface area contributed by atoms with Crippen molar-refractivity contribution in [1.82, 2.24) is 0 Å². The summed E-state index contributed by atoms with van der Waals surface area (Å²) >= 11 is 3.36. The minimum atomic E-state index is -0.955. The average molecular weight is 387 g/mol. The van der Waals surface area contributed by atoms with Crippen LogP contribution in [0.3, 0.4) is 0 Å². The first-order chi connectivity index (χ1) is 11.4. The molecule has 124 valence electrons. The van der Waals surface area contributed by atoms with Gasteiger partial charge in [0.15, 0.2) is 0 Å². The molecule has 1 aliphatic rings. The monoisotopic (exact) mass is 386 g/mol. The number of nitrogens with one attached hydrogen (secondary N) is 2. The van der Waals surface area contributed by atoms with Gasteiger partial charge in [0, 0.05) is 15.8 Å². The predicted molar refractivity (Wildman–Crippen MR) is 99.0 cm³/mol. The Morgan fingerprint density at radius 1 is 0.958 bits per heavy atom. The van der Waals surface area contributed by atoms with E-state index >= 15 is 0 Å². The van der Waals surface area contributed by atoms with Gasteiger partial charge in [-0.2, -0.15) is 0 Å². The zero-order chi connectivity index (χ0) is 17.3. The number of amides is 2. The van der Waals surface area contributed by atoms with Gasteiger partial charge in [-0.3, -0.25) is 9.59 Å². The quantitative estimate of drug-likeness (QED) is 0.763. The molecule has 2 amide bonds. The highest BCUT2D eigenvalue weighted by atomic mass is 79.9. The van der Waals surface area contributed by atoms with E-state index in [1.54, 1.807) is 12.1 Å². The topological polar surface area (TPSA) is 58.2 Å². The third-order valence-corrected chi connectivity index (χ3v) is 4.89. The van der Waals surface area contributed by atoms with Crippen molar-refractivity contribution in [2.24, 2.45) is 5.41 Å². The normalized spacial score (nSPS) is 14.8. The first-order valence-corrected chi connectivity index (χ1v) is 8.66. The van der Waals surface area contributed by atoms with Crippen molar-refractivity contribution in [3.8, 4) is 0 Å². The minimum Gasteiger partial charge on any atom is -0.325 e. The number of carbonyl (C=O) groups is 2. The summed E-state index contributed by atoms with van der Waals surface area (Å²) in [5.74, 6) is -0.474. The summed E-state index contributed by atoms with van der Waals surface area (Å²) in [7, 11) is 0. The van der Waals surface area contributed by atoms with E-state index in [4.69, 9.17) is 0 Å². The summed E-state index contributed by atoms with van der Waals surface area (Å²) in [4.78, 5) is 25.2. The SMILES string of the molecule is Cc1ccc(C)c(NC(=O)C2(C(=O)Nc3ccc(Br)cc3)CC2)c1. The molecule has 1 aliphatic carbocycles. The maximum absolute atomic E-state index is 12.7. The van der Waals surface area contributed by atoms with Crippen LogP contribution >= 0.6 is 15.9 Å². The second-order valence-corrected chi connectivity index (χ2v) is 7.23. The number of hydrogen-bond acceptors (Lipinski definition) is 2. The van der Waals surface area contributed by atoms with E-state index in [0.717, 1.165) is 21.3 Å². The van der Waals surface area contributed by atoms with E-state index < -0.39 is 5.41 Å². The number of carbonyl (C=O) groups excluding carboxylic acids is 2.